The van der Waals surface area contributed by atoms with E-state index in [0.29, 0.717) is 0 Å². The highest BCUT2D eigenvalue weighted by molar-refractivity contribution is 9.10. The van der Waals surface area contributed by atoms with Crippen molar-refractivity contribution in [3.63, 3.8) is 0 Å². The maximum absolute atomic E-state index is 12.9. The van der Waals surface area contributed by atoms with Crippen LogP contribution in [-0.2, 0) is 10.2 Å². The maximum Gasteiger partial charge on any atom is 0.244 e. The van der Waals surface area contributed by atoms with Gasteiger partial charge >= 0.3 is 0 Å². The summed E-state index contributed by atoms with van der Waals surface area (Å²) < 4.78 is 1.01. The molecule has 1 aliphatic rings. The number of nitrogens with one attached hydrogen (secondary N) is 1. The Labute approximate surface area is 180 Å². The number of hydrogen-bond donors (Lipinski definition) is 1. The number of benzene rings is 3. The molecule has 1 atom stereocenters. The number of nitrogens with zero attached hydrogens (tertiary/aromatic N) is 1. The fourth-order valence-corrected chi connectivity index (χ4v) is 4.15. The minimum Gasteiger partial charge on any atom is -0.273 e. The molecule has 1 saturated carbocycles. The molecular weight excluding hydrogens is 424 g/mol. The van der Waals surface area contributed by atoms with Gasteiger partial charge in [-0.05, 0) is 49.1 Å². The van der Waals surface area contributed by atoms with Crippen LogP contribution in [0.3, 0.4) is 0 Å². The number of rotatable bonds is 5. The first kappa shape index (κ1) is 19.6. The molecule has 3 aromatic rings. The quantitative estimate of drug-likeness (QED) is 0.406. The second-order valence-corrected chi connectivity index (χ2v) is 8.66. The number of halogens is 1. The summed E-state index contributed by atoms with van der Waals surface area (Å²) in [6, 6.07) is 24.8. The van der Waals surface area contributed by atoms with Crippen LogP contribution in [0, 0.1) is 19.8 Å². The first-order valence-corrected chi connectivity index (χ1v) is 10.5. The average molecular weight is 447 g/mol. The van der Waals surface area contributed by atoms with Gasteiger partial charge in [0.25, 0.3) is 0 Å². The van der Waals surface area contributed by atoms with Gasteiger partial charge < -0.3 is 0 Å². The number of hydrogen-bond acceptors (Lipinski definition) is 2. The van der Waals surface area contributed by atoms with Gasteiger partial charge in [0, 0.05) is 9.89 Å². The van der Waals surface area contributed by atoms with E-state index in [-0.39, 0.29) is 17.2 Å². The normalized spacial score (nSPS) is 17.3. The molecule has 0 saturated heterocycles. The van der Waals surface area contributed by atoms with Gasteiger partial charge in [-0.3, -0.25) is 4.79 Å². The molecule has 0 heterocycles. The summed E-state index contributed by atoms with van der Waals surface area (Å²) in [4.78, 5) is 12.9. The molecule has 4 heteroatoms. The lowest BCUT2D eigenvalue weighted by Gasteiger charge is -2.19. The van der Waals surface area contributed by atoms with E-state index < -0.39 is 0 Å². The smallest absolute Gasteiger partial charge is 0.244 e. The standard InChI is InChI=1S/C25H23BrN2O/c1-17-3-9-20(10-4-17)25(21-11-5-18(2)6-12-21)15-23(25)24(29)28-27-16-19-7-13-22(26)14-8-19/h3-14,16,23H,15H2,1-2H3,(H,28,29)/b27-16+. The number of aryl methyl sites for hydroxylation is 2. The van der Waals surface area contributed by atoms with E-state index in [1.54, 1.807) is 6.21 Å². The van der Waals surface area contributed by atoms with Crippen molar-refractivity contribution in [2.24, 2.45) is 11.0 Å². The predicted octanol–water partition coefficient (Wildman–Crippen LogP) is 5.52. The van der Waals surface area contributed by atoms with Gasteiger partial charge in [0.2, 0.25) is 5.91 Å². The molecule has 3 aromatic carbocycles. The lowest BCUT2D eigenvalue weighted by molar-refractivity contribution is -0.122. The van der Waals surface area contributed by atoms with Crippen molar-refractivity contribution in [1.29, 1.82) is 0 Å². The summed E-state index contributed by atoms with van der Waals surface area (Å²) in [5.41, 5.74) is 8.20. The number of amides is 1. The first-order valence-electron chi connectivity index (χ1n) is 9.72. The van der Waals surface area contributed by atoms with Crippen LogP contribution in [0.4, 0.5) is 0 Å². The molecule has 146 valence electrons. The fourth-order valence-electron chi connectivity index (χ4n) is 3.88. The highest BCUT2D eigenvalue weighted by Crippen LogP contribution is 2.59. The molecule has 1 N–H and O–H groups in total. The van der Waals surface area contributed by atoms with E-state index in [0.717, 1.165) is 16.5 Å². The number of carbonyl (C=O) groups excluding carboxylic acids is 1. The van der Waals surface area contributed by atoms with Crippen molar-refractivity contribution in [2.75, 3.05) is 0 Å². The molecule has 0 aromatic heterocycles. The van der Waals surface area contributed by atoms with Crippen LogP contribution >= 0.6 is 15.9 Å². The summed E-state index contributed by atoms with van der Waals surface area (Å²) in [5, 5.41) is 4.17. The fraction of sp³-hybridized carbons (Fsp3) is 0.200. The Morgan fingerprint density at radius 2 is 1.45 bits per heavy atom. The minimum atomic E-state index is -0.279. The summed E-state index contributed by atoms with van der Waals surface area (Å²) in [6.07, 6.45) is 2.46. The first-order chi connectivity index (χ1) is 14.0. The van der Waals surface area contributed by atoms with Crippen LogP contribution in [0.1, 0.15) is 34.2 Å². The topological polar surface area (TPSA) is 41.5 Å². The maximum atomic E-state index is 12.9. The van der Waals surface area contributed by atoms with Crippen LogP contribution in [0.25, 0.3) is 0 Å². The summed E-state index contributed by atoms with van der Waals surface area (Å²) in [5.74, 6) is -0.172. The molecule has 0 aliphatic heterocycles. The molecule has 1 aliphatic carbocycles. The van der Waals surface area contributed by atoms with Crippen molar-refractivity contribution >= 4 is 28.1 Å². The SMILES string of the molecule is Cc1ccc(C2(c3ccc(C)cc3)CC2C(=O)N/N=C/c2ccc(Br)cc2)cc1. The van der Waals surface area contributed by atoms with Crippen molar-refractivity contribution in [2.45, 2.75) is 25.7 Å². The molecule has 1 fully saturated rings. The van der Waals surface area contributed by atoms with E-state index in [1.165, 1.54) is 22.3 Å². The highest BCUT2D eigenvalue weighted by atomic mass is 79.9. The van der Waals surface area contributed by atoms with Crippen molar-refractivity contribution in [1.82, 2.24) is 5.43 Å². The second-order valence-electron chi connectivity index (χ2n) is 7.75. The molecular formula is C25H23BrN2O. The van der Waals surface area contributed by atoms with Crippen LogP contribution in [0.5, 0.6) is 0 Å². The Kier molecular flexibility index (Phi) is 5.37. The predicted molar refractivity (Wildman–Crippen MR) is 121 cm³/mol. The Morgan fingerprint density at radius 3 is 1.97 bits per heavy atom. The Balaban J connectivity index is 1.56. The Hall–Kier alpha value is -2.72. The Bertz CT molecular complexity index is 992. The van der Waals surface area contributed by atoms with E-state index in [1.807, 2.05) is 24.3 Å². The van der Waals surface area contributed by atoms with Gasteiger partial charge in [-0.25, -0.2) is 5.43 Å². The minimum absolute atomic E-state index is 0.0421. The summed E-state index contributed by atoms with van der Waals surface area (Å²) in [7, 11) is 0. The monoisotopic (exact) mass is 446 g/mol. The van der Waals surface area contributed by atoms with Crippen molar-refractivity contribution < 1.29 is 4.79 Å². The molecule has 0 bridgehead atoms. The molecule has 1 unspecified atom stereocenters. The van der Waals surface area contributed by atoms with E-state index in [9.17, 15) is 4.79 Å². The third-order valence-electron chi connectivity index (χ3n) is 5.67. The van der Waals surface area contributed by atoms with Gasteiger partial charge in [0.15, 0.2) is 0 Å². The second kappa shape index (κ2) is 7.96. The number of carbonyl (C=O) groups is 1. The lowest BCUT2D eigenvalue weighted by atomic mass is 9.85. The summed E-state index contributed by atoms with van der Waals surface area (Å²) >= 11 is 3.42. The molecule has 0 radical (unpaired) electrons. The average Bonchev–Trinajstić information content (AvgIpc) is 3.47. The molecule has 1 amide bonds. The van der Waals surface area contributed by atoms with Crippen LogP contribution in [0.15, 0.2) is 82.4 Å². The largest absolute Gasteiger partial charge is 0.273 e. The zero-order valence-electron chi connectivity index (χ0n) is 16.5. The molecule has 0 spiro atoms. The van der Waals surface area contributed by atoms with Gasteiger partial charge in [-0.1, -0.05) is 87.7 Å². The lowest BCUT2D eigenvalue weighted by Crippen LogP contribution is -2.25. The van der Waals surface area contributed by atoms with Gasteiger partial charge in [0.1, 0.15) is 0 Å². The van der Waals surface area contributed by atoms with Gasteiger partial charge in [-0.2, -0.15) is 5.10 Å². The van der Waals surface area contributed by atoms with Crippen LogP contribution in [0.2, 0.25) is 0 Å². The summed E-state index contributed by atoms with van der Waals surface area (Å²) in [6.45, 7) is 4.16. The Morgan fingerprint density at radius 1 is 0.931 bits per heavy atom. The van der Waals surface area contributed by atoms with Gasteiger partial charge in [0.05, 0.1) is 12.1 Å². The van der Waals surface area contributed by atoms with Crippen LogP contribution in [-0.4, -0.2) is 12.1 Å². The van der Waals surface area contributed by atoms with Crippen molar-refractivity contribution in [3.8, 4) is 0 Å². The third-order valence-corrected chi connectivity index (χ3v) is 6.20. The highest BCUT2D eigenvalue weighted by Gasteiger charge is 2.60. The van der Waals surface area contributed by atoms with Crippen LogP contribution < -0.4 is 5.43 Å². The third kappa shape index (κ3) is 4.03. The van der Waals surface area contributed by atoms with Crippen molar-refractivity contribution in [3.05, 3.63) is 105 Å². The number of hydrazone groups is 1. The zero-order chi connectivity index (χ0) is 20.4. The molecule has 4 rings (SSSR count). The van der Waals surface area contributed by atoms with Gasteiger partial charge in [-0.15, -0.1) is 0 Å². The molecule has 3 nitrogen and oxygen atoms in total. The van der Waals surface area contributed by atoms with E-state index in [4.69, 9.17) is 0 Å². The zero-order valence-corrected chi connectivity index (χ0v) is 18.1. The van der Waals surface area contributed by atoms with E-state index >= 15 is 0 Å². The van der Waals surface area contributed by atoms with E-state index in [2.05, 4.69) is 88.8 Å². The molecule has 29 heavy (non-hydrogen) atoms.